The predicted molar refractivity (Wildman–Crippen MR) is 73.0 cm³/mol. The molecule has 0 spiro atoms. The molecule has 0 unspecified atom stereocenters. The third-order valence-corrected chi connectivity index (χ3v) is 2.78. The van der Waals surface area contributed by atoms with E-state index < -0.39 is 0 Å². The van der Waals surface area contributed by atoms with Gasteiger partial charge in [0.1, 0.15) is 5.75 Å². The van der Waals surface area contributed by atoms with Crippen molar-refractivity contribution < 1.29 is 9.84 Å². The maximum Gasteiger partial charge on any atom is 0.115 e. The zero-order valence-electron chi connectivity index (χ0n) is 11.0. The number of phenolic OH excluding ortho intramolecular Hbond substituents is 1. The van der Waals surface area contributed by atoms with Crippen LogP contribution in [0.4, 0.5) is 0 Å². The number of hydrogen-bond donors (Lipinski definition) is 2. The molecular weight excluding hydrogens is 242 g/mol. The van der Waals surface area contributed by atoms with E-state index in [0.717, 1.165) is 30.9 Å². The number of nitrogens with one attached hydrogen (secondary N) is 1. The first kappa shape index (κ1) is 13.6. The molecule has 5 heteroatoms. The average molecular weight is 261 g/mol. The number of hydrogen-bond acceptors (Lipinski definition) is 4. The Morgan fingerprint density at radius 2 is 2.11 bits per heavy atom. The Morgan fingerprint density at radius 1 is 1.32 bits per heavy atom. The van der Waals surface area contributed by atoms with Gasteiger partial charge in [-0.25, -0.2) is 4.98 Å². The zero-order valence-corrected chi connectivity index (χ0v) is 11.0. The summed E-state index contributed by atoms with van der Waals surface area (Å²) in [6.07, 6.45) is 3.84. The molecule has 5 nitrogen and oxygen atoms in total. The Bertz CT molecular complexity index is 494. The highest BCUT2D eigenvalue weighted by Crippen LogP contribution is 2.11. The van der Waals surface area contributed by atoms with Crippen LogP contribution in [0.2, 0.25) is 0 Å². The van der Waals surface area contributed by atoms with E-state index >= 15 is 0 Å². The lowest BCUT2D eigenvalue weighted by Gasteiger charge is -2.03. The molecule has 2 N–H and O–H groups in total. The third kappa shape index (κ3) is 4.39. The van der Waals surface area contributed by atoms with E-state index in [1.165, 1.54) is 0 Å². The molecule has 2 rings (SSSR count). The van der Waals surface area contributed by atoms with Gasteiger partial charge in [0.25, 0.3) is 0 Å². The van der Waals surface area contributed by atoms with Gasteiger partial charge in [0.15, 0.2) is 0 Å². The maximum absolute atomic E-state index is 9.23. The van der Waals surface area contributed by atoms with Gasteiger partial charge in [0.2, 0.25) is 0 Å². The van der Waals surface area contributed by atoms with Crippen molar-refractivity contribution >= 4 is 0 Å². The Balaban J connectivity index is 1.85. The van der Waals surface area contributed by atoms with Crippen LogP contribution in [0.3, 0.4) is 0 Å². The van der Waals surface area contributed by atoms with E-state index in [-0.39, 0.29) is 5.75 Å². The number of methoxy groups -OCH3 is 1. The first-order valence-corrected chi connectivity index (χ1v) is 6.26. The normalized spacial score (nSPS) is 10.8. The first-order chi connectivity index (χ1) is 9.28. The molecule has 102 valence electrons. The van der Waals surface area contributed by atoms with Gasteiger partial charge in [-0.05, 0) is 17.7 Å². The van der Waals surface area contributed by atoms with Crippen LogP contribution in [0.5, 0.6) is 5.75 Å². The van der Waals surface area contributed by atoms with E-state index in [2.05, 4.69) is 10.3 Å². The third-order valence-electron chi connectivity index (χ3n) is 2.78. The summed E-state index contributed by atoms with van der Waals surface area (Å²) < 4.78 is 6.99. The standard InChI is InChI=1S/C14H19N3O2/c1-19-7-6-15-8-13-10-17(11-16-13)9-12-2-4-14(18)5-3-12/h2-5,10-11,15,18H,6-9H2,1H3. The first-order valence-electron chi connectivity index (χ1n) is 6.26. The van der Waals surface area contributed by atoms with Crippen LogP contribution < -0.4 is 5.32 Å². The predicted octanol–water partition coefficient (Wildman–Crippen LogP) is 1.37. The molecule has 0 radical (unpaired) electrons. The molecule has 19 heavy (non-hydrogen) atoms. The highest BCUT2D eigenvalue weighted by atomic mass is 16.5. The maximum atomic E-state index is 9.23. The molecule has 1 heterocycles. The number of nitrogens with zero attached hydrogens (tertiary/aromatic N) is 2. The molecular formula is C14H19N3O2. The summed E-state index contributed by atoms with van der Waals surface area (Å²) in [5, 5.41) is 12.5. The van der Waals surface area contributed by atoms with Crippen molar-refractivity contribution in [3.05, 3.63) is 48.0 Å². The molecule has 0 fully saturated rings. The fourth-order valence-corrected chi connectivity index (χ4v) is 1.79. The molecule has 0 amide bonds. The monoisotopic (exact) mass is 261 g/mol. The van der Waals surface area contributed by atoms with E-state index in [1.807, 2.05) is 29.2 Å². The second kappa shape index (κ2) is 6.92. The lowest BCUT2D eigenvalue weighted by molar-refractivity contribution is 0.199. The van der Waals surface area contributed by atoms with Crippen molar-refractivity contribution in [3.63, 3.8) is 0 Å². The van der Waals surface area contributed by atoms with Crippen LogP contribution in [0.1, 0.15) is 11.3 Å². The molecule has 0 bridgehead atoms. The molecule has 0 aliphatic heterocycles. The minimum absolute atomic E-state index is 0.289. The Hall–Kier alpha value is -1.85. The summed E-state index contributed by atoms with van der Waals surface area (Å²) in [4.78, 5) is 4.34. The van der Waals surface area contributed by atoms with E-state index in [1.54, 1.807) is 19.2 Å². The SMILES string of the molecule is COCCNCc1cn(Cc2ccc(O)cc2)cn1. The lowest BCUT2D eigenvalue weighted by Crippen LogP contribution is -2.18. The molecule has 0 aliphatic rings. The molecule has 0 atom stereocenters. The molecule has 0 saturated heterocycles. The lowest BCUT2D eigenvalue weighted by atomic mass is 10.2. The largest absolute Gasteiger partial charge is 0.508 e. The van der Waals surface area contributed by atoms with Crippen molar-refractivity contribution in [3.8, 4) is 5.75 Å². The van der Waals surface area contributed by atoms with Crippen molar-refractivity contribution in [1.29, 1.82) is 0 Å². The topological polar surface area (TPSA) is 59.3 Å². The summed E-state index contributed by atoms with van der Waals surface area (Å²) in [5.41, 5.74) is 2.14. The van der Waals surface area contributed by atoms with Gasteiger partial charge in [0.05, 0.1) is 18.6 Å². The van der Waals surface area contributed by atoms with Gasteiger partial charge in [-0.15, -0.1) is 0 Å². The number of ether oxygens (including phenoxy) is 1. The number of benzene rings is 1. The summed E-state index contributed by atoms with van der Waals surface area (Å²) >= 11 is 0. The van der Waals surface area contributed by atoms with E-state index in [4.69, 9.17) is 4.74 Å². The zero-order chi connectivity index (χ0) is 13.5. The van der Waals surface area contributed by atoms with Gasteiger partial charge >= 0.3 is 0 Å². The second-order valence-corrected chi connectivity index (χ2v) is 4.37. The average Bonchev–Trinajstić information content (AvgIpc) is 2.85. The fourth-order valence-electron chi connectivity index (χ4n) is 1.79. The molecule has 2 aromatic rings. The summed E-state index contributed by atoms with van der Waals surface area (Å²) in [6.45, 7) is 3.02. The molecule has 0 saturated carbocycles. The van der Waals surface area contributed by atoms with Crippen LogP contribution in [-0.4, -0.2) is 34.9 Å². The Labute approximate surface area is 112 Å². The highest BCUT2D eigenvalue weighted by Gasteiger charge is 2.00. The van der Waals surface area contributed by atoms with Gasteiger partial charge in [-0.3, -0.25) is 0 Å². The van der Waals surface area contributed by atoms with Crippen molar-refractivity contribution in [2.24, 2.45) is 0 Å². The molecule has 0 aliphatic carbocycles. The van der Waals surface area contributed by atoms with Crippen LogP contribution >= 0.6 is 0 Å². The Kier molecular flexibility index (Phi) is 4.94. The highest BCUT2D eigenvalue weighted by molar-refractivity contribution is 5.26. The van der Waals surface area contributed by atoms with Crippen LogP contribution in [0.15, 0.2) is 36.8 Å². The summed E-state index contributed by atoms with van der Waals surface area (Å²) in [7, 11) is 1.69. The molecule has 1 aromatic carbocycles. The van der Waals surface area contributed by atoms with Gasteiger partial charge in [-0.2, -0.15) is 0 Å². The van der Waals surface area contributed by atoms with Crippen LogP contribution in [0.25, 0.3) is 0 Å². The second-order valence-electron chi connectivity index (χ2n) is 4.37. The van der Waals surface area contributed by atoms with Crippen LogP contribution in [0, 0.1) is 0 Å². The quantitative estimate of drug-likeness (QED) is 0.739. The minimum Gasteiger partial charge on any atom is -0.508 e. The number of aromatic hydroxyl groups is 1. The summed E-state index contributed by atoms with van der Waals surface area (Å²) in [5.74, 6) is 0.289. The minimum atomic E-state index is 0.289. The Morgan fingerprint density at radius 3 is 2.84 bits per heavy atom. The van der Waals surface area contributed by atoms with Crippen LogP contribution in [-0.2, 0) is 17.8 Å². The number of rotatable bonds is 7. The van der Waals surface area contributed by atoms with Crippen molar-refractivity contribution in [2.75, 3.05) is 20.3 Å². The number of imidazole rings is 1. The fraction of sp³-hybridized carbons (Fsp3) is 0.357. The van der Waals surface area contributed by atoms with E-state index in [9.17, 15) is 5.11 Å². The van der Waals surface area contributed by atoms with E-state index in [0.29, 0.717) is 6.61 Å². The number of aromatic nitrogens is 2. The van der Waals surface area contributed by atoms with Gasteiger partial charge < -0.3 is 19.7 Å². The van der Waals surface area contributed by atoms with Gasteiger partial charge in [0, 0.05) is 32.9 Å². The van der Waals surface area contributed by atoms with Crippen molar-refractivity contribution in [1.82, 2.24) is 14.9 Å². The number of phenols is 1. The van der Waals surface area contributed by atoms with Crippen molar-refractivity contribution in [2.45, 2.75) is 13.1 Å². The van der Waals surface area contributed by atoms with Gasteiger partial charge in [-0.1, -0.05) is 12.1 Å². The molecule has 1 aromatic heterocycles. The summed E-state index contributed by atoms with van der Waals surface area (Å²) in [6, 6.07) is 7.21. The smallest absolute Gasteiger partial charge is 0.115 e.